The predicted octanol–water partition coefficient (Wildman–Crippen LogP) is 5.12. The van der Waals surface area contributed by atoms with Gasteiger partial charge in [-0.3, -0.25) is 4.98 Å². The van der Waals surface area contributed by atoms with Crippen molar-refractivity contribution in [1.29, 1.82) is 0 Å². The summed E-state index contributed by atoms with van der Waals surface area (Å²) >= 11 is 0. The second-order valence-electron chi connectivity index (χ2n) is 8.18. The third kappa shape index (κ3) is 3.22. The molecule has 6 heteroatoms. The Morgan fingerprint density at radius 1 is 1.00 bits per heavy atom. The van der Waals surface area contributed by atoms with Crippen molar-refractivity contribution in [2.24, 2.45) is 0 Å². The lowest BCUT2D eigenvalue weighted by Crippen LogP contribution is -2.27. The number of rotatable bonds is 4. The number of aryl methyl sites for hydroxylation is 1. The van der Waals surface area contributed by atoms with Gasteiger partial charge in [-0.25, -0.2) is 15.0 Å². The van der Waals surface area contributed by atoms with E-state index in [-0.39, 0.29) is 6.04 Å². The molecule has 3 aromatic heterocycles. The maximum absolute atomic E-state index is 5.06. The minimum Gasteiger partial charge on any atom is -0.346 e. The molecular formula is C24H26N6. The number of hydrogen-bond acceptors (Lipinski definition) is 5. The molecule has 5 rings (SSSR count). The highest BCUT2D eigenvalue weighted by Gasteiger charge is 2.32. The van der Waals surface area contributed by atoms with Crippen molar-refractivity contribution >= 4 is 16.9 Å². The zero-order valence-electron chi connectivity index (χ0n) is 17.7. The molecule has 0 unspecified atom stereocenters. The summed E-state index contributed by atoms with van der Waals surface area (Å²) in [4.78, 5) is 21.4. The van der Waals surface area contributed by atoms with Crippen molar-refractivity contribution in [1.82, 2.24) is 24.5 Å². The van der Waals surface area contributed by atoms with Crippen LogP contribution in [0.2, 0.25) is 0 Å². The lowest BCUT2D eigenvalue weighted by molar-refractivity contribution is 0.539. The van der Waals surface area contributed by atoms with Gasteiger partial charge in [0, 0.05) is 30.5 Å². The highest BCUT2D eigenvalue weighted by molar-refractivity contribution is 5.76. The number of fused-ring (bicyclic) bond motifs is 1. The first-order valence-electron chi connectivity index (χ1n) is 10.6. The van der Waals surface area contributed by atoms with E-state index in [1.165, 1.54) is 5.52 Å². The fraction of sp³-hybridized carbons (Fsp3) is 0.333. The molecule has 0 N–H and O–H groups in total. The van der Waals surface area contributed by atoms with Crippen LogP contribution < -0.4 is 4.90 Å². The number of nitrogens with zero attached hydrogens (tertiary/aromatic N) is 6. The molecule has 1 aliphatic rings. The van der Waals surface area contributed by atoms with Gasteiger partial charge in [-0.2, -0.15) is 0 Å². The first kappa shape index (κ1) is 18.7. The summed E-state index contributed by atoms with van der Waals surface area (Å²) in [7, 11) is 0. The number of aromatic nitrogens is 5. The van der Waals surface area contributed by atoms with Crippen LogP contribution >= 0.6 is 0 Å². The average molecular weight is 399 g/mol. The smallest absolute Gasteiger partial charge is 0.180 e. The highest BCUT2D eigenvalue weighted by atomic mass is 15.3. The van der Waals surface area contributed by atoms with Crippen LogP contribution in [-0.4, -0.2) is 31.0 Å². The van der Waals surface area contributed by atoms with E-state index in [4.69, 9.17) is 9.97 Å². The molecule has 1 saturated heterocycles. The minimum atomic E-state index is 0.200. The topological polar surface area (TPSA) is 59.7 Å². The predicted molar refractivity (Wildman–Crippen MR) is 119 cm³/mol. The van der Waals surface area contributed by atoms with Crippen molar-refractivity contribution in [2.45, 2.75) is 45.7 Å². The van der Waals surface area contributed by atoms with E-state index in [0.717, 1.165) is 47.9 Å². The Bertz CT molecular complexity index is 1180. The molecule has 4 aromatic rings. The van der Waals surface area contributed by atoms with Gasteiger partial charge in [0.15, 0.2) is 5.82 Å². The monoisotopic (exact) mass is 398 g/mol. The van der Waals surface area contributed by atoms with Crippen LogP contribution in [0, 0.1) is 6.92 Å². The van der Waals surface area contributed by atoms with Crippen LogP contribution in [0.25, 0.3) is 22.6 Å². The van der Waals surface area contributed by atoms with Crippen molar-refractivity contribution in [2.75, 3.05) is 11.4 Å². The Labute approximate surface area is 176 Å². The van der Waals surface area contributed by atoms with Gasteiger partial charge in [0.25, 0.3) is 0 Å². The van der Waals surface area contributed by atoms with Crippen LogP contribution in [0.5, 0.6) is 0 Å². The van der Waals surface area contributed by atoms with E-state index in [9.17, 15) is 0 Å². The van der Waals surface area contributed by atoms with Crippen molar-refractivity contribution < 1.29 is 0 Å². The number of hydrogen-bond donors (Lipinski definition) is 0. The second kappa shape index (κ2) is 7.52. The molecule has 0 bridgehead atoms. The molecule has 0 aliphatic carbocycles. The summed E-state index contributed by atoms with van der Waals surface area (Å²) in [6, 6.07) is 16.9. The molecule has 0 spiro atoms. The summed E-state index contributed by atoms with van der Waals surface area (Å²) in [6.07, 6.45) is 3.97. The average Bonchev–Trinajstić information content (AvgIpc) is 3.38. The van der Waals surface area contributed by atoms with Gasteiger partial charge in [0.1, 0.15) is 17.3 Å². The summed E-state index contributed by atoms with van der Waals surface area (Å²) < 4.78 is 2.38. The lowest BCUT2D eigenvalue weighted by atomic mass is 10.2. The molecule has 152 valence electrons. The number of pyridine rings is 1. The highest BCUT2D eigenvalue weighted by Crippen LogP contribution is 2.38. The fourth-order valence-electron chi connectivity index (χ4n) is 4.46. The van der Waals surface area contributed by atoms with Gasteiger partial charge in [-0.05, 0) is 57.9 Å². The third-order valence-electron chi connectivity index (χ3n) is 5.72. The minimum absolute atomic E-state index is 0.200. The molecule has 1 aromatic carbocycles. The molecule has 6 nitrogen and oxygen atoms in total. The van der Waals surface area contributed by atoms with Crippen molar-refractivity contribution in [3.05, 3.63) is 66.2 Å². The van der Waals surface area contributed by atoms with Crippen LogP contribution in [-0.2, 0) is 0 Å². The van der Waals surface area contributed by atoms with Crippen LogP contribution in [0.1, 0.15) is 50.3 Å². The van der Waals surface area contributed by atoms with Gasteiger partial charge in [0.05, 0.1) is 17.1 Å². The summed E-state index contributed by atoms with van der Waals surface area (Å²) in [5.74, 6) is 2.75. The number of benzene rings is 1. The Balaban J connectivity index is 1.60. The normalized spacial score (nSPS) is 16.7. The molecule has 4 heterocycles. The number of para-hydroxylation sites is 2. The van der Waals surface area contributed by atoms with E-state index < -0.39 is 0 Å². The molecule has 0 radical (unpaired) electrons. The van der Waals surface area contributed by atoms with E-state index >= 15 is 0 Å². The standard InChI is InChI=1S/C24H26N6/c1-16(2)30-20-11-5-4-9-18(20)27-24(30)21-12-8-14-29(21)22-15-17(3)26-23(28-22)19-10-6-7-13-25-19/h4-7,9-11,13,15-16,21H,8,12,14H2,1-3H3/t21-/m1/s1. The van der Waals surface area contributed by atoms with Crippen LogP contribution in [0.4, 0.5) is 5.82 Å². The number of anilines is 1. The van der Waals surface area contributed by atoms with Gasteiger partial charge in [-0.15, -0.1) is 0 Å². The molecule has 0 saturated carbocycles. The summed E-state index contributed by atoms with van der Waals surface area (Å²) in [5, 5.41) is 0. The third-order valence-corrected chi connectivity index (χ3v) is 5.72. The zero-order chi connectivity index (χ0) is 20.7. The van der Waals surface area contributed by atoms with Gasteiger partial charge >= 0.3 is 0 Å². The van der Waals surface area contributed by atoms with Gasteiger partial charge in [-0.1, -0.05) is 18.2 Å². The van der Waals surface area contributed by atoms with E-state index in [0.29, 0.717) is 11.9 Å². The zero-order valence-corrected chi connectivity index (χ0v) is 17.7. The van der Waals surface area contributed by atoms with Crippen molar-refractivity contribution in [3.63, 3.8) is 0 Å². The first-order valence-corrected chi connectivity index (χ1v) is 10.6. The second-order valence-corrected chi connectivity index (χ2v) is 8.18. The fourth-order valence-corrected chi connectivity index (χ4v) is 4.46. The molecule has 1 atom stereocenters. The van der Waals surface area contributed by atoms with Gasteiger partial charge in [0.2, 0.25) is 0 Å². The van der Waals surface area contributed by atoms with E-state index in [2.05, 4.69) is 63.6 Å². The largest absolute Gasteiger partial charge is 0.346 e. The van der Waals surface area contributed by atoms with E-state index in [1.54, 1.807) is 6.20 Å². The maximum atomic E-state index is 5.06. The quantitative estimate of drug-likeness (QED) is 0.477. The SMILES string of the molecule is Cc1cc(N2CCC[C@@H]2c2nc3ccccc3n2C(C)C)nc(-c2ccccn2)n1. The summed E-state index contributed by atoms with van der Waals surface area (Å²) in [5.41, 5.74) is 4.00. The summed E-state index contributed by atoms with van der Waals surface area (Å²) in [6.45, 7) is 7.44. The molecule has 1 aliphatic heterocycles. The number of imidazole rings is 1. The van der Waals surface area contributed by atoms with Gasteiger partial charge < -0.3 is 9.47 Å². The van der Waals surface area contributed by atoms with Crippen LogP contribution in [0.3, 0.4) is 0 Å². The molecular weight excluding hydrogens is 372 g/mol. The van der Waals surface area contributed by atoms with E-state index in [1.807, 2.05) is 25.1 Å². The Kier molecular flexibility index (Phi) is 4.69. The molecule has 30 heavy (non-hydrogen) atoms. The lowest BCUT2D eigenvalue weighted by Gasteiger charge is -2.27. The first-order chi connectivity index (χ1) is 14.6. The Morgan fingerprint density at radius 2 is 1.83 bits per heavy atom. The van der Waals surface area contributed by atoms with Crippen molar-refractivity contribution in [3.8, 4) is 11.5 Å². The Hall–Kier alpha value is -3.28. The maximum Gasteiger partial charge on any atom is 0.180 e. The van der Waals surface area contributed by atoms with Crippen LogP contribution in [0.15, 0.2) is 54.7 Å². The molecule has 0 amide bonds. The molecule has 1 fully saturated rings. The Morgan fingerprint density at radius 3 is 2.63 bits per heavy atom.